The molecule has 0 aromatic heterocycles. The first-order valence-electron chi connectivity index (χ1n) is 6.82. The zero-order valence-corrected chi connectivity index (χ0v) is 13.6. The van der Waals surface area contributed by atoms with Gasteiger partial charge in [-0.1, -0.05) is 0 Å². The minimum absolute atomic E-state index is 0.166. The zero-order chi connectivity index (χ0) is 18.9. The van der Waals surface area contributed by atoms with E-state index in [4.69, 9.17) is 9.47 Å². The Morgan fingerprint density at radius 1 is 0.833 bits per heavy atom. The lowest BCUT2D eigenvalue weighted by atomic mass is 10.0. The summed E-state index contributed by atoms with van der Waals surface area (Å²) in [6, 6.07) is 0. The molecule has 0 fully saturated rings. The fourth-order valence-electron chi connectivity index (χ4n) is 1.74. The second-order valence-corrected chi connectivity index (χ2v) is 4.68. The van der Waals surface area contributed by atoms with Crippen molar-refractivity contribution in [3.05, 3.63) is 0 Å². The SMILES string of the molecule is CC(=O)OC[C@@H](OC(C)=O)[C@@H](OC(C)=O)[C@H](OC(C)=O)[C@@H](F)C=O. The lowest BCUT2D eigenvalue weighted by Crippen LogP contribution is -2.51. The monoisotopic (exact) mass is 350 g/mol. The molecule has 0 aliphatic rings. The molecule has 0 bridgehead atoms. The summed E-state index contributed by atoms with van der Waals surface area (Å²) in [5, 5.41) is 0. The Kier molecular flexibility index (Phi) is 9.21. The van der Waals surface area contributed by atoms with Gasteiger partial charge >= 0.3 is 23.9 Å². The maximum absolute atomic E-state index is 13.9. The number of aldehydes is 1. The normalized spacial score (nSPS) is 15.2. The van der Waals surface area contributed by atoms with E-state index in [0.29, 0.717) is 0 Å². The highest BCUT2D eigenvalue weighted by atomic mass is 19.1. The average molecular weight is 350 g/mol. The number of esters is 4. The first-order valence-corrected chi connectivity index (χ1v) is 6.82. The first kappa shape index (κ1) is 21.5. The molecule has 0 aromatic rings. The van der Waals surface area contributed by atoms with Crippen molar-refractivity contribution >= 4 is 30.2 Å². The quantitative estimate of drug-likeness (QED) is 0.318. The minimum Gasteiger partial charge on any atom is -0.462 e. The predicted molar refractivity (Wildman–Crippen MR) is 74.3 cm³/mol. The molecule has 136 valence electrons. The molecule has 0 radical (unpaired) electrons. The molecule has 0 saturated heterocycles. The highest BCUT2D eigenvalue weighted by Gasteiger charge is 2.42. The number of halogens is 1. The molecule has 0 spiro atoms. The van der Waals surface area contributed by atoms with Crippen LogP contribution in [-0.2, 0) is 42.9 Å². The molecule has 9 nitrogen and oxygen atoms in total. The van der Waals surface area contributed by atoms with Crippen LogP contribution >= 0.6 is 0 Å². The molecule has 0 amide bonds. The fraction of sp³-hybridized carbons (Fsp3) is 0.643. The van der Waals surface area contributed by atoms with Crippen LogP contribution in [0.1, 0.15) is 27.7 Å². The van der Waals surface area contributed by atoms with Gasteiger partial charge in [0.05, 0.1) is 0 Å². The third-order valence-corrected chi connectivity index (χ3v) is 2.51. The van der Waals surface area contributed by atoms with E-state index in [2.05, 4.69) is 9.47 Å². The van der Waals surface area contributed by atoms with Crippen LogP contribution in [0.2, 0.25) is 0 Å². The third-order valence-electron chi connectivity index (χ3n) is 2.51. The van der Waals surface area contributed by atoms with Crippen LogP contribution in [0, 0.1) is 0 Å². The van der Waals surface area contributed by atoms with Crippen LogP contribution in [-0.4, -0.2) is 61.3 Å². The van der Waals surface area contributed by atoms with Crippen LogP contribution in [0.25, 0.3) is 0 Å². The molecule has 0 N–H and O–H groups in total. The van der Waals surface area contributed by atoms with Crippen LogP contribution in [0.3, 0.4) is 0 Å². The van der Waals surface area contributed by atoms with E-state index in [-0.39, 0.29) is 6.29 Å². The van der Waals surface area contributed by atoms with E-state index in [9.17, 15) is 28.4 Å². The van der Waals surface area contributed by atoms with Crippen molar-refractivity contribution < 1.29 is 47.3 Å². The smallest absolute Gasteiger partial charge is 0.303 e. The maximum atomic E-state index is 13.9. The lowest BCUT2D eigenvalue weighted by molar-refractivity contribution is -0.194. The number of carbonyl (C=O) groups is 5. The van der Waals surface area contributed by atoms with Gasteiger partial charge in [-0.05, 0) is 0 Å². The Labute approximate surface area is 137 Å². The Bertz CT molecular complexity index is 491. The molecule has 0 aromatic carbocycles. The molecule has 10 heteroatoms. The minimum atomic E-state index is -2.37. The molecular weight excluding hydrogens is 331 g/mol. The Morgan fingerprint density at radius 3 is 1.67 bits per heavy atom. The highest BCUT2D eigenvalue weighted by molar-refractivity contribution is 5.69. The van der Waals surface area contributed by atoms with Crippen LogP contribution in [0.15, 0.2) is 0 Å². The van der Waals surface area contributed by atoms with Gasteiger partial charge in [-0.15, -0.1) is 0 Å². The van der Waals surface area contributed by atoms with Gasteiger partial charge in [0, 0.05) is 27.7 Å². The number of alkyl halides is 1. The van der Waals surface area contributed by atoms with Crippen molar-refractivity contribution in [1.82, 2.24) is 0 Å². The molecule has 24 heavy (non-hydrogen) atoms. The Morgan fingerprint density at radius 2 is 1.29 bits per heavy atom. The number of ether oxygens (including phenoxy) is 4. The summed E-state index contributed by atoms with van der Waals surface area (Å²) in [5.41, 5.74) is 0. The zero-order valence-electron chi connectivity index (χ0n) is 13.6. The van der Waals surface area contributed by atoms with Gasteiger partial charge in [-0.3, -0.25) is 24.0 Å². The maximum Gasteiger partial charge on any atom is 0.303 e. The molecule has 0 rings (SSSR count). The second-order valence-electron chi connectivity index (χ2n) is 4.68. The van der Waals surface area contributed by atoms with Crippen molar-refractivity contribution in [2.75, 3.05) is 6.61 Å². The van der Waals surface area contributed by atoms with Gasteiger partial charge in [0.2, 0.25) is 0 Å². The van der Waals surface area contributed by atoms with E-state index < -0.39 is 55.0 Å². The third kappa shape index (κ3) is 8.20. The van der Waals surface area contributed by atoms with Crippen LogP contribution in [0.5, 0.6) is 0 Å². The van der Waals surface area contributed by atoms with Gasteiger partial charge < -0.3 is 18.9 Å². The number of carbonyl (C=O) groups excluding carboxylic acids is 5. The van der Waals surface area contributed by atoms with Gasteiger partial charge in [0.25, 0.3) is 0 Å². The second kappa shape index (κ2) is 10.3. The van der Waals surface area contributed by atoms with E-state index >= 15 is 0 Å². The molecular formula is C14H19FO9. The van der Waals surface area contributed by atoms with Gasteiger partial charge in [-0.2, -0.15) is 0 Å². The molecule has 0 unspecified atom stereocenters. The van der Waals surface area contributed by atoms with Crippen LogP contribution < -0.4 is 0 Å². The Hall–Kier alpha value is -2.52. The lowest BCUT2D eigenvalue weighted by Gasteiger charge is -2.31. The van der Waals surface area contributed by atoms with E-state index in [0.717, 1.165) is 27.7 Å². The number of hydrogen-bond donors (Lipinski definition) is 0. The van der Waals surface area contributed by atoms with E-state index in [1.807, 2.05) is 0 Å². The van der Waals surface area contributed by atoms with Crippen molar-refractivity contribution in [3.63, 3.8) is 0 Å². The average Bonchev–Trinajstić information content (AvgIpc) is 2.45. The summed E-state index contributed by atoms with van der Waals surface area (Å²) < 4.78 is 32.9. The first-order chi connectivity index (χ1) is 11.1. The molecule has 0 aliphatic heterocycles. The highest BCUT2D eigenvalue weighted by Crippen LogP contribution is 2.19. The Balaban J connectivity index is 5.67. The van der Waals surface area contributed by atoms with E-state index in [1.165, 1.54) is 0 Å². The van der Waals surface area contributed by atoms with Crippen molar-refractivity contribution in [3.8, 4) is 0 Å². The molecule has 0 saturated carbocycles. The van der Waals surface area contributed by atoms with Crippen molar-refractivity contribution in [1.29, 1.82) is 0 Å². The summed E-state index contributed by atoms with van der Waals surface area (Å²) >= 11 is 0. The molecule has 0 heterocycles. The summed E-state index contributed by atoms with van der Waals surface area (Å²) in [7, 11) is 0. The van der Waals surface area contributed by atoms with E-state index in [1.54, 1.807) is 0 Å². The largest absolute Gasteiger partial charge is 0.462 e. The van der Waals surface area contributed by atoms with Crippen molar-refractivity contribution in [2.24, 2.45) is 0 Å². The summed E-state index contributed by atoms with van der Waals surface area (Å²) in [6.07, 6.45) is -7.61. The molecule has 4 atom stereocenters. The van der Waals surface area contributed by atoms with Gasteiger partial charge in [0.1, 0.15) is 6.61 Å². The summed E-state index contributed by atoms with van der Waals surface area (Å²) in [4.78, 5) is 55.3. The standard InChI is InChI=1S/C14H19FO9/c1-7(17)21-6-12(22-8(2)18)14(24-10(4)20)13(11(15)5-16)23-9(3)19/h5,11-14H,6H2,1-4H3/t11-,12+,13+,14+/m0/s1. The summed E-state index contributed by atoms with van der Waals surface area (Å²) in [5.74, 6) is -3.48. The van der Waals surface area contributed by atoms with Gasteiger partial charge in [-0.25, -0.2) is 4.39 Å². The fourth-order valence-corrected chi connectivity index (χ4v) is 1.74. The summed E-state index contributed by atoms with van der Waals surface area (Å²) in [6.45, 7) is 3.40. The predicted octanol–water partition coefficient (Wildman–Crippen LogP) is -0.118. The topological polar surface area (TPSA) is 122 Å². The number of hydrogen-bond acceptors (Lipinski definition) is 9. The van der Waals surface area contributed by atoms with Gasteiger partial charge in [0.15, 0.2) is 30.8 Å². The molecule has 0 aliphatic carbocycles. The number of rotatable bonds is 9. The van der Waals surface area contributed by atoms with Crippen molar-refractivity contribution in [2.45, 2.75) is 52.2 Å². The van der Waals surface area contributed by atoms with Crippen LogP contribution in [0.4, 0.5) is 4.39 Å².